The minimum atomic E-state index is -0.685. The van der Waals surface area contributed by atoms with Crippen molar-refractivity contribution in [1.29, 1.82) is 0 Å². The molecule has 0 N–H and O–H groups in total. The largest absolute Gasteiger partial charge is 0.419 e. The van der Waals surface area contributed by atoms with E-state index in [4.69, 9.17) is 4.74 Å². The molecule has 6 nitrogen and oxygen atoms in total. The summed E-state index contributed by atoms with van der Waals surface area (Å²) >= 11 is 0. The Hall–Kier alpha value is -2.24. The zero-order valence-electron chi connectivity index (χ0n) is 9.92. The molecule has 0 atom stereocenters. The smallest absolute Gasteiger partial charge is 0.312 e. The van der Waals surface area contributed by atoms with Crippen LogP contribution in [0.3, 0.4) is 0 Å². The predicted molar refractivity (Wildman–Crippen MR) is 63.6 cm³/mol. The summed E-state index contributed by atoms with van der Waals surface area (Å²) in [7, 11) is 0. The highest BCUT2D eigenvalue weighted by Gasteiger charge is 2.18. The van der Waals surface area contributed by atoms with Crippen LogP contribution in [-0.4, -0.2) is 17.2 Å². The van der Waals surface area contributed by atoms with Crippen LogP contribution < -0.4 is 4.74 Å². The molecule has 0 radical (unpaired) electrons. The van der Waals surface area contributed by atoms with Crippen molar-refractivity contribution in [2.75, 3.05) is 0 Å². The lowest BCUT2D eigenvalue weighted by Gasteiger charge is -2.04. The number of unbranched alkanes of at least 4 members (excludes halogenated alkanes) is 1. The third-order valence-corrected chi connectivity index (χ3v) is 2.27. The Bertz CT molecular complexity index is 470. The van der Waals surface area contributed by atoms with Crippen LogP contribution in [0.2, 0.25) is 0 Å². The minimum Gasteiger partial charge on any atom is -0.419 e. The van der Waals surface area contributed by atoms with Crippen LogP contribution in [0.25, 0.3) is 0 Å². The Labute approximate surface area is 104 Å². The molecule has 0 fully saturated rings. The molecule has 0 saturated carbocycles. The summed E-state index contributed by atoms with van der Waals surface area (Å²) < 4.78 is 4.91. The van der Waals surface area contributed by atoms with Gasteiger partial charge in [-0.15, -0.1) is 0 Å². The third-order valence-electron chi connectivity index (χ3n) is 2.27. The normalized spacial score (nSPS) is 9.83. The van der Waals surface area contributed by atoms with E-state index < -0.39 is 10.9 Å². The van der Waals surface area contributed by atoms with E-state index >= 15 is 0 Å². The maximum Gasteiger partial charge on any atom is 0.312 e. The quantitative estimate of drug-likeness (QED) is 0.255. The first-order valence-corrected chi connectivity index (χ1v) is 5.52. The van der Waals surface area contributed by atoms with Crippen molar-refractivity contribution in [3.8, 4) is 5.75 Å². The summed E-state index contributed by atoms with van der Waals surface area (Å²) in [5, 5.41) is 10.8. The average Bonchev–Trinajstić information content (AvgIpc) is 2.36. The van der Waals surface area contributed by atoms with Gasteiger partial charge in [-0.3, -0.25) is 19.7 Å². The van der Waals surface area contributed by atoms with Crippen LogP contribution in [0.5, 0.6) is 5.75 Å². The first-order chi connectivity index (χ1) is 8.58. The Morgan fingerprint density at radius 1 is 1.50 bits per heavy atom. The molecule has 0 amide bonds. The van der Waals surface area contributed by atoms with E-state index in [1.165, 1.54) is 12.1 Å². The number of carbonyl (C=O) groups excluding carboxylic acids is 2. The fourth-order valence-electron chi connectivity index (χ4n) is 1.33. The van der Waals surface area contributed by atoms with Crippen molar-refractivity contribution >= 4 is 17.9 Å². The number of carbonyl (C=O) groups is 2. The molecule has 0 aliphatic carbocycles. The number of rotatable bonds is 6. The van der Waals surface area contributed by atoms with Crippen molar-refractivity contribution in [1.82, 2.24) is 0 Å². The molecule has 0 aromatic heterocycles. The Morgan fingerprint density at radius 3 is 2.78 bits per heavy atom. The highest BCUT2D eigenvalue weighted by atomic mass is 16.6. The van der Waals surface area contributed by atoms with Gasteiger partial charge in [-0.25, -0.2) is 0 Å². The second kappa shape index (κ2) is 6.48. The fraction of sp³-hybridized carbons (Fsp3) is 0.333. The SMILES string of the molecule is CCCCC(=O)Oc1ccc(C=O)cc1[N+](=O)[O-]. The number of hydrogen-bond acceptors (Lipinski definition) is 5. The van der Waals surface area contributed by atoms with E-state index in [2.05, 4.69) is 0 Å². The lowest BCUT2D eigenvalue weighted by atomic mass is 10.2. The highest BCUT2D eigenvalue weighted by Crippen LogP contribution is 2.27. The molecule has 18 heavy (non-hydrogen) atoms. The number of nitro groups is 1. The van der Waals surface area contributed by atoms with Gasteiger partial charge in [0.05, 0.1) is 4.92 Å². The van der Waals surface area contributed by atoms with Gasteiger partial charge in [0.25, 0.3) is 0 Å². The summed E-state index contributed by atoms with van der Waals surface area (Å²) in [6, 6.07) is 3.70. The predicted octanol–water partition coefficient (Wildman–Crippen LogP) is 2.50. The van der Waals surface area contributed by atoms with Crippen molar-refractivity contribution in [2.45, 2.75) is 26.2 Å². The summed E-state index contributed by atoms with van der Waals surface area (Å²) in [5.74, 6) is -0.648. The van der Waals surface area contributed by atoms with Gasteiger partial charge in [-0.05, 0) is 18.6 Å². The molecule has 0 unspecified atom stereocenters. The third kappa shape index (κ3) is 3.65. The molecule has 96 valence electrons. The molecule has 0 aliphatic heterocycles. The zero-order chi connectivity index (χ0) is 13.5. The van der Waals surface area contributed by atoms with Gasteiger partial charge in [0.15, 0.2) is 0 Å². The number of hydrogen-bond donors (Lipinski definition) is 0. The lowest BCUT2D eigenvalue weighted by Crippen LogP contribution is -2.09. The van der Waals surface area contributed by atoms with Crippen LogP contribution >= 0.6 is 0 Å². The van der Waals surface area contributed by atoms with Crippen LogP contribution in [0, 0.1) is 10.1 Å². The number of aldehydes is 1. The number of benzene rings is 1. The van der Waals surface area contributed by atoms with Crippen molar-refractivity contribution in [3.05, 3.63) is 33.9 Å². The minimum absolute atomic E-state index is 0.133. The van der Waals surface area contributed by atoms with Gasteiger partial charge in [0.1, 0.15) is 6.29 Å². The Morgan fingerprint density at radius 2 is 2.22 bits per heavy atom. The maximum absolute atomic E-state index is 11.4. The molecule has 1 rings (SSSR count). The second-order valence-electron chi connectivity index (χ2n) is 3.68. The fourth-order valence-corrected chi connectivity index (χ4v) is 1.33. The van der Waals surface area contributed by atoms with E-state index in [1.54, 1.807) is 0 Å². The van der Waals surface area contributed by atoms with E-state index in [-0.39, 0.29) is 23.4 Å². The first-order valence-electron chi connectivity index (χ1n) is 5.52. The average molecular weight is 251 g/mol. The molecule has 6 heteroatoms. The Kier molecular flexibility index (Phi) is 4.98. The van der Waals surface area contributed by atoms with E-state index in [0.717, 1.165) is 12.5 Å². The van der Waals surface area contributed by atoms with Gasteiger partial charge in [0.2, 0.25) is 5.75 Å². The first kappa shape index (κ1) is 13.8. The molecule has 1 aromatic carbocycles. The van der Waals surface area contributed by atoms with Gasteiger partial charge >= 0.3 is 11.7 Å². The number of nitro benzene ring substituents is 1. The van der Waals surface area contributed by atoms with Crippen LogP contribution in [-0.2, 0) is 4.79 Å². The molecule has 0 spiro atoms. The number of ether oxygens (including phenoxy) is 1. The maximum atomic E-state index is 11.4. The summed E-state index contributed by atoms with van der Waals surface area (Å²) in [6.45, 7) is 1.93. The van der Waals surface area contributed by atoms with Gasteiger partial charge < -0.3 is 4.74 Å². The van der Waals surface area contributed by atoms with Gasteiger partial charge in [-0.1, -0.05) is 13.3 Å². The lowest BCUT2D eigenvalue weighted by molar-refractivity contribution is -0.385. The molecular formula is C12H13NO5. The standard InChI is InChI=1S/C12H13NO5/c1-2-3-4-12(15)18-11-6-5-9(8-14)7-10(11)13(16)17/h5-8H,2-4H2,1H3. The van der Waals surface area contributed by atoms with Gasteiger partial charge in [0, 0.05) is 18.1 Å². The highest BCUT2D eigenvalue weighted by molar-refractivity contribution is 5.79. The zero-order valence-corrected chi connectivity index (χ0v) is 9.92. The summed E-state index contributed by atoms with van der Waals surface area (Å²) in [6.07, 6.45) is 2.21. The second-order valence-corrected chi connectivity index (χ2v) is 3.68. The van der Waals surface area contributed by atoms with Crippen molar-refractivity contribution < 1.29 is 19.2 Å². The van der Waals surface area contributed by atoms with Crippen LogP contribution in [0.15, 0.2) is 18.2 Å². The van der Waals surface area contributed by atoms with Gasteiger partial charge in [-0.2, -0.15) is 0 Å². The van der Waals surface area contributed by atoms with E-state index in [0.29, 0.717) is 12.7 Å². The van der Waals surface area contributed by atoms with Crippen LogP contribution in [0.1, 0.15) is 36.5 Å². The number of esters is 1. The van der Waals surface area contributed by atoms with Crippen molar-refractivity contribution in [3.63, 3.8) is 0 Å². The Balaban J connectivity index is 2.91. The monoisotopic (exact) mass is 251 g/mol. The topological polar surface area (TPSA) is 86.5 Å². The molecule has 0 aliphatic rings. The summed E-state index contributed by atoms with van der Waals surface area (Å²) in [5.41, 5.74) is -0.223. The number of nitrogens with zero attached hydrogens (tertiary/aromatic N) is 1. The molecular weight excluding hydrogens is 238 g/mol. The molecule has 1 aromatic rings. The molecule has 0 heterocycles. The van der Waals surface area contributed by atoms with Crippen molar-refractivity contribution in [2.24, 2.45) is 0 Å². The summed E-state index contributed by atoms with van der Waals surface area (Å²) in [4.78, 5) is 32.0. The molecule has 0 saturated heterocycles. The van der Waals surface area contributed by atoms with E-state index in [9.17, 15) is 19.7 Å². The molecule has 0 bridgehead atoms. The van der Waals surface area contributed by atoms with E-state index in [1.807, 2.05) is 6.92 Å². The van der Waals surface area contributed by atoms with Crippen LogP contribution in [0.4, 0.5) is 5.69 Å².